The van der Waals surface area contributed by atoms with E-state index in [1.165, 1.54) is 0 Å². The summed E-state index contributed by atoms with van der Waals surface area (Å²) in [6.07, 6.45) is -7.18. The number of H-pyrrole nitrogens is 2. The Morgan fingerprint density at radius 2 is 0.431 bits per heavy atom. The third-order valence-electron chi connectivity index (χ3n) is 11.1. The third-order valence-corrected chi connectivity index (χ3v) is 11.1. The summed E-state index contributed by atoms with van der Waals surface area (Å²) in [4.78, 5) is 3.60. The van der Waals surface area contributed by atoms with Gasteiger partial charge in [-0.2, -0.15) is 0 Å². The van der Waals surface area contributed by atoms with E-state index in [0.29, 0.717) is 0 Å². The molecule has 4 N–H and O–H groups in total. The SMILES string of the molecule is OC(c1c(F)c(F)c(F)c(F)c1F)C(c1cc(C(c2c[nH]c(C(c3c(F)c(F)c(F)c(F)c3F)C(O)c3c(F)c(F)c(F)c(F)c3F)c2)c2c(F)c(F)c(F)c(F)c2F)c[nH]1)c1c(F)c(F)c(F)c(F)c1F. The van der Waals surface area contributed by atoms with Gasteiger partial charge >= 0.3 is 0 Å². The molecule has 4 unspecified atom stereocenters. The van der Waals surface area contributed by atoms with E-state index in [-0.39, 0.29) is 24.5 Å². The maximum Gasteiger partial charge on any atom is 0.200 e. The lowest BCUT2D eigenvalue weighted by Crippen LogP contribution is -2.22. The Labute approximate surface area is 380 Å². The van der Waals surface area contributed by atoms with Crippen molar-refractivity contribution in [2.75, 3.05) is 0 Å². The number of benzene rings is 5. The van der Waals surface area contributed by atoms with Crippen LogP contribution in [0.5, 0.6) is 0 Å². The molecule has 0 aliphatic heterocycles. The molecule has 4 nitrogen and oxygen atoms in total. The Morgan fingerprint density at radius 3 is 0.653 bits per heavy atom. The van der Waals surface area contributed by atoms with E-state index in [0.717, 1.165) is 0 Å². The van der Waals surface area contributed by atoms with Gasteiger partial charge in [0.05, 0.1) is 35.2 Å². The van der Waals surface area contributed by atoms with Crippen LogP contribution < -0.4 is 0 Å². The molecule has 0 aliphatic carbocycles. The second kappa shape index (κ2) is 18.8. The van der Waals surface area contributed by atoms with Crippen molar-refractivity contribution < 1.29 is 120 Å². The zero-order valence-corrected chi connectivity index (χ0v) is 33.5. The van der Waals surface area contributed by atoms with Gasteiger partial charge in [-0.3, -0.25) is 0 Å². The van der Waals surface area contributed by atoms with Crippen LogP contribution in [0.2, 0.25) is 0 Å². The number of aliphatic hydroxyl groups excluding tert-OH is 2. The van der Waals surface area contributed by atoms with Gasteiger partial charge in [0.2, 0.25) is 29.1 Å². The summed E-state index contributed by atoms with van der Waals surface area (Å²) in [6.45, 7) is 0. The van der Waals surface area contributed by atoms with Crippen LogP contribution in [0.1, 0.15) is 80.3 Å². The second-order valence-corrected chi connectivity index (χ2v) is 15.0. The van der Waals surface area contributed by atoms with Crippen LogP contribution in [0.25, 0.3) is 0 Å². The minimum atomic E-state index is -3.76. The lowest BCUT2D eigenvalue weighted by molar-refractivity contribution is 0.140. The van der Waals surface area contributed by atoms with Crippen LogP contribution >= 0.6 is 0 Å². The fraction of sp³-hybridized carbons (Fsp3) is 0.116. The van der Waals surface area contributed by atoms with E-state index in [4.69, 9.17) is 0 Å². The van der Waals surface area contributed by atoms with E-state index < -0.39 is 226 Å². The van der Waals surface area contributed by atoms with Crippen molar-refractivity contribution in [2.24, 2.45) is 0 Å². The normalized spacial score (nSPS) is 14.0. The van der Waals surface area contributed by atoms with E-state index in [2.05, 4.69) is 0 Å². The Kier molecular flexibility index (Phi) is 13.7. The first-order chi connectivity index (χ1) is 33.5. The average molecular weight is 1060 g/mol. The smallest absolute Gasteiger partial charge is 0.200 e. The van der Waals surface area contributed by atoms with Gasteiger partial charge in [-0.25, -0.2) is 110 Å². The van der Waals surface area contributed by atoms with Crippen LogP contribution in [0, 0.1) is 145 Å². The molecule has 0 saturated carbocycles. The molecule has 382 valence electrons. The molecule has 0 amide bonds. The minimum absolute atomic E-state index is 0.0403. The number of aromatic amines is 2. The zero-order chi connectivity index (χ0) is 53.8. The average Bonchev–Trinajstić information content (AvgIpc) is 4.04. The summed E-state index contributed by atoms with van der Waals surface area (Å²) in [5.41, 5.74) is -17.6. The molecule has 29 heteroatoms. The predicted molar refractivity (Wildman–Crippen MR) is 187 cm³/mol. The van der Waals surface area contributed by atoms with Gasteiger partial charge in [0, 0.05) is 46.4 Å². The predicted octanol–water partition coefficient (Wildman–Crippen LogP) is 12.7. The molecule has 0 fully saturated rings. The number of aromatic nitrogens is 2. The number of hydrogen-bond donors (Lipinski definition) is 4. The van der Waals surface area contributed by atoms with Crippen LogP contribution in [0.4, 0.5) is 110 Å². The molecule has 72 heavy (non-hydrogen) atoms. The summed E-state index contributed by atoms with van der Waals surface area (Å²) >= 11 is 0. The van der Waals surface area contributed by atoms with Crippen molar-refractivity contribution in [3.05, 3.63) is 220 Å². The fourth-order valence-corrected chi connectivity index (χ4v) is 7.81. The van der Waals surface area contributed by atoms with Gasteiger partial charge in [0.25, 0.3) is 0 Å². The van der Waals surface area contributed by atoms with Gasteiger partial charge in [-0.05, 0) is 23.3 Å². The standard InChI is InChI=1S/C43H13F25N2O2/c44-17-12(18(45)28(55)37(64)27(17)54)9(5-1-7(69-3-5)10(13-19(46)29(56)38(65)30(57)20(13)47)42(71)15-23(50)33(60)40(67)34(61)24(15)51)6-2-8(70-4-6)11(14-21(48)31(58)39(66)32(59)22(14)49)43(72)16-25(52)35(62)41(68)36(63)26(16)53/h1-4,9-11,42-43,69-72H. The van der Waals surface area contributed by atoms with Crippen molar-refractivity contribution in [1.82, 2.24) is 9.97 Å². The van der Waals surface area contributed by atoms with Gasteiger partial charge in [0.1, 0.15) is 0 Å². The highest BCUT2D eigenvalue weighted by Gasteiger charge is 2.44. The molecule has 7 aromatic rings. The minimum Gasteiger partial charge on any atom is -0.387 e. The van der Waals surface area contributed by atoms with Crippen LogP contribution in [0.3, 0.4) is 0 Å². The maximum absolute atomic E-state index is 15.8. The first-order valence-corrected chi connectivity index (χ1v) is 18.8. The number of halogens is 25. The molecule has 0 radical (unpaired) electrons. The lowest BCUT2D eigenvalue weighted by atomic mass is 9.82. The molecule has 2 aromatic heterocycles. The van der Waals surface area contributed by atoms with Crippen molar-refractivity contribution in [1.29, 1.82) is 0 Å². The van der Waals surface area contributed by atoms with E-state index in [1.807, 2.05) is 0 Å². The summed E-state index contributed by atoms with van der Waals surface area (Å²) in [5.74, 6) is -83.8. The summed E-state index contributed by atoms with van der Waals surface area (Å²) in [6, 6.07) is 0.0805. The highest BCUT2D eigenvalue weighted by atomic mass is 19.2. The van der Waals surface area contributed by atoms with Gasteiger partial charge < -0.3 is 20.2 Å². The van der Waals surface area contributed by atoms with Crippen LogP contribution in [-0.4, -0.2) is 20.2 Å². The molecule has 0 aliphatic rings. The zero-order valence-electron chi connectivity index (χ0n) is 33.5. The monoisotopic (exact) mass is 1060 g/mol. The largest absolute Gasteiger partial charge is 0.387 e. The molecule has 7 rings (SSSR count). The van der Waals surface area contributed by atoms with Gasteiger partial charge in [-0.1, -0.05) is 0 Å². The Bertz CT molecular complexity index is 3070. The number of rotatable bonds is 11. The highest BCUT2D eigenvalue weighted by molar-refractivity contribution is 5.50. The quantitative estimate of drug-likeness (QED) is 0.0592. The molecule has 0 spiro atoms. The van der Waals surface area contributed by atoms with Crippen LogP contribution in [-0.2, 0) is 0 Å². The van der Waals surface area contributed by atoms with Crippen molar-refractivity contribution in [3.8, 4) is 0 Å². The number of hydrogen-bond acceptors (Lipinski definition) is 2. The topological polar surface area (TPSA) is 72.0 Å². The Balaban J connectivity index is 1.54. The lowest BCUT2D eigenvalue weighted by Gasteiger charge is -2.26. The molecule has 4 atom stereocenters. The third kappa shape index (κ3) is 7.86. The van der Waals surface area contributed by atoms with Crippen molar-refractivity contribution in [3.63, 3.8) is 0 Å². The van der Waals surface area contributed by atoms with Gasteiger partial charge in [0.15, 0.2) is 116 Å². The van der Waals surface area contributed by atoms with E-state index in [1.54, 1.807) is 9.97 Å². The molecular weight excluding hydrogens is 1050 g/mol. The summed E-state index contributed by atoms with van der Waals surface area (Å²) in [5, 5.41) is 22.4. The highest BCUT2D eigenvalue weighted by Crippen LogP contribution is 2.48. The van der Waals surface area contributed by atoms with Crippen molar-refractivity contribution >= 4 is 0 Å². The van der Waals surface area contributed by atoms with Crippen LogP contribution in [0.15, 0.2) is 24.5 Å². The van der Waals surface area contributed by atoms with Gasteiger partial charge in [-0.15, -0.1) is 0 Å². The summed E-state index contributed by atoms with van der Waals surface area (Å²) < 4.78 is 371. The fourth-order valence-electron chi connectivity index (χ4n) is 7.81. The first-order valence-electron chi connectivity index (χ1n) is 18.8. The van der Waals surface area contributed by atoms with E-state index in [9.17, 15) is 76.1 Å². The summed E-state index contributed by atoms with van der Waals surface area (Å²) in [7, 11) is 0. The van der Waals surface area contributed by atoms with E-state index >= 15 is 43.9 Å². The molecule has 2 heterocycles. The second-order valence-electron chi connectivity index (χ2n) is 15.0. The number of aliphatic hydroxyl groups is 2. The Morgan fingerprint density at radius 1 is 0.250 bits per heavy atom. The number of nitrogens with one attached hydrogen (secondary N) is 2. The molecule has 0 saturated heterocycles. The maximum atomic E-state index is 15.8. The molecule has 5 aromatic carbocycles. The molecular formula is C43H13F25N2O2. The molecule has 0 bridgehead atoms. The van der Waals surface area contributed by atoms with Crippen molar-refractivity contribution in [2.45, 2.75) is 30.0 Å². The first kappa shape index (κ1) is 52.6. The Hall–Kier alpha value is -7.17.